The van der Waals surface area contributed by atoms with Crippen LogP contribution in [0.25, 0.3) is 10.9 Å². The Morgan fingerprint density at radius 2 is 1.93 bits per heavy atom. The minimum atomic E-state index is -3.17. The second-order valence-electron chi connectivity index (χ2n) is 7.86. The highest BCUT2D eigenvalue weighted by molar-refractivity contribution is 7.88. The number of pyridine rings is 2. The van der Waals surface area contributed by atoms with Crippen LogP contribution in [0.3, 0.4) is 0 Å². The van der Waals surface area contributed by atoms with Gasteiger partial charge >= 0.3 is 0 Å². The van der Waals surface area contributed by atoms with E-state index in [1.807, 2.05) is 29.3 Å². The maximum atomic E-state index is 13.0. The van der Waals surface area contributed by atoms with Crippen molar-refractivity contribution < 1.29 is 13.2 Å². The van der Waals surface area contributed by atoms with Crippen molar-refractivity contribution in [2.75, 3.05) is 32.4 Å². The number of piperidine rings is 2. The van der Waals surface area contributed by atoms with Crippen molar-refractivity contribution in [2.24, 2.45) is 5.92 Å². The van der Waals surface area contributed by atoms with E-state index in [9.17, 15) is 13.2 Å². The highest BCUT2D eigenvalue weighted by atomic mass is 32.2. The second-order valence-corrected chi connectivity index (χ2v) is 9.85. The van der Waals surface area contributed by atoms with Crippen molar-refractivity contribution in [3.63, 3.8) is 0 Å². The first-order chi connectivity index (χ1) is 13.4. The van der Waals surface area contributed by atoms with Crippen LogP contribution in [0.5, 0.6) is 0 Å². The molecular weight excluding hydrogens is 376 g/mol. The molecule has 2 saturated heterocycles. The molecule has 2 aliphatic rings. The number of hydrogen-bond acceptors (Lipinski definition) is 5. The summed E-state index contributed by atoms with van der Waals surface area (Å²) >= 11 is 0. The Bertz CT molecular complexity index is 970. The predicted molar refractivity (Wildman–Crippen MR) is 107 cm³/mol. The lowest BCUT2D eigenvalue weighted by Gasteiger charge is -2.37. The fourth-order valence-corrected chi connectivity index (χ4v) is 5.19. The van der Waals surface area contributed by atoms with E-state index in [-0.39, 0.29) is 17.7 Å². The molecule has 0 aliphatic carbocycles. The molecule has 0 aromatic carbocycles. The monoisotopic (exact) mass is 402 g/mol. The highest BCUT2D eigenvalue weighted by Crippen LogP contribution is 2.29. The van der Waals surface area contributed by atoms with Gasteiger partial charge in [-0.2, -0.15) is 0 Å². The first-order valence-electron chi connectivity index (χ1n) is 9.86. The van der Waals surface area contributed by atoms with Crippen molar-refractivity contribution in [1.82, 2.24) is 19.2 Å². The fourth-order valence-electron chi connectivity index (χ4n) is 4.32. The first-order valence-corrected chi connectivity index (χ1v) is 11.7. The Labute approximate surface area is 165 Å². The molecule has 4 heterocycles. The second kappa shape index (κ2) is 7.75. The van der Waals surface area contributed by atoms with Gasteiger partial charge in [0.1, 0.15) is 0 Å². The zero-order valence-electron chi connectivity index (χ0n) is 16.1. The maximum absolute atomic E-state index is 13.0. The van der Waals surface area contributed by atoms with E-state index in [0.29, 0.717) is 32.5 Å². The van der Waals surface area contributed by atoms with Gasteiger partial charge < -0.3 is 4.90 Å². The molecule has 2 fully saturated rings. The topological polar surface area (TPSA) is 83.5 Å². The van der Waals surface area contributed by atoms with Crippen molar-refractivity contribution in [3.8, 4) is 0 Å². The molecule has 7 nitrogen and oxygen atoms in total. The van der Waals surface area contributed by atoms with Gasteiger partial charge in [0, 0.05) is 61.5 Å². The zero-order valence-corrected chi connectivity index (χ0v) is 16.9. The van der Waals surface area contributed by atoms with Crippen LogP contribution in [0.4, 0.5) is 0 Å². The van der Waals surface area contributed by atoms with Gasteiger partial charge in [-0.05, 0) is 43.9 Å². The lowest BCUT2D eigenvalue weighted by atomic mass is 9.91. The van der Waals surface area contributed by atoms with Crippen LogP contribution in [0, 0.1) is 5.92 Å². The van der Waals surface area contributed by atoms with E-state index in [4.69, 9.17) is 0 Å². The number of carbonyl (C=O) groups is 1. The van der Waals surface area contributed by atoms with Crippen LogP contribution in [-0.4, -0.2) is 65.9 Å². The number of fused-ring (bicyclic) bond motifs is 1. The van der Waals surface area contributed by atoms with Gasteiger partial charge in [-0.1, -0.05) is 0 Å². The van der Waals surface area contributed by atoms with E-state index in [1.165, 1.54) is 10.6 Å². The molecule has 1 unspecified atom stereocenters. The van der Waals surface area contributed by atoms with E-state index in [2.05, 4.69) is 9.97 Å². The zero-order chi connectivity index (χ0) is 19.7. The first kappa shape index (κ1) is 19.3. The van der Waals surface area contributed by atoms with Crippen molar-refractivity contribution in [2.45, 2.75) is 31.6 Å². The van der Waals surface area contributed by atoms with Gasteiger partial charge in [-0.15, -0.1) is 0 Å². The van der Waals surface area contributed by atoms with Gasteiger partial charge in [0.25, 0.3) is 0 Å². The van der Waals surface area contributed by atoms with E-state index < -0.39 is 10.0 Å². The summed E-state index contributed by atoms with van der Waals surface area (Å²) in [6.45, 7) is 2.32. The summed E-state index contributed by atoms with van der Waals surface area (Å²) < 4.78 is 24.8. The summed E-state index contributed by atoms with van der Waals surface area (Å²) in [7, 11) is -3.17. The van der Waals surface area contributed by atoms with Gasteiger partial charge in [0.2, 0.25) is 15.9 Å². The molecule has 28 heavy (non-hydrogen) atoms. The van der Waals surface area contributed by atoms with Crippen LogP contribution in [0.1, 0.15) is 37.3 Å². The fraction of sp³-hybridized carbons (Fsp3) is 0.550. The number of nitrogens with zero attached hydrogens (tertiary/aromatic N) is 4. The lowest BCUT2D eigenvalue weighted by molar-refractivity contribution is -0.138. The molecular formula is C20H26N4O3S. The summed E-state index contributed by atoms with van der Waals surface area (Å²) in [6.07, 6.45) is 8.05. The number of sulfonamides is 1. The lowest BCUT2D eigenvalue weighted by Crippen LogP contribution is -2.46. The Morgan fingerprint density at radius 1 is 1.14 bits per heavy atom. The molecule has 2 aromatic rings. The van der Waals surface area contributed by atoms with Crippen LogP contribution < -0.4 is 0 Å². The Morgan fingerprint density at radius 3 is 2.68 bits per heavy atom. The highest BCUT2D eigenvalue weighted by Gasteiger charge is 2.33. The maximum Gasteiger partial charge on any atom is 0.225 e. The van der Waals surface area contributed by atoms with E-state index in [0.717, 1.165) is 36.0 Å². The number of carbonyl (C=O) groups excluding carboxylic acids is 1. The molecule has 2 aliphatic heterocycles. The Hall–Kier alpha value is -2.06. The summed E-state index contributed by atoms with van der Waals surface area (Å²) in [6, 6.07) is 5.94. The third-order valence-corrected chi connectivity index (χ3v) is 7.24. The van der Waals surface area contributed by atoms with Crippen LogP contribution in [0.2, 0.25) is 0 Å². The average Bonchev–Trinajstić information content (AvgIpc) is 2.72. The molecule has 0 bridgehead atoms. The minimum absolute atomic E-state index is 0.0806. The summed E-state index contributed by atoms with van der Waals surface area (Å²) in [5, 5.41) is 1.02. The third-order valence-electron chi connectivity index (χ3n) is 5.93. The molecule has 0 saturated carbocycles. The van der Waals surface area contributed by atoms with Crippen LogP contribution in [-0.2, 0) is 14.8 Å². The number of aromatic nitrogens is 2. The molecule has 0 spiro atoms. The molecule has 4 rings (SSSR count). The molecule has 150 valence electrons. The minimum Gasteiger partial charge on any atom is -0.342 e. The number of likely N-dealkylation sites (tertiary alicyclic amines) is 1. The van der Waals surface area contributed by atoms with Gasteiger partial charge in [0.15, 0.2) is 0 Å². The standard InChI is InChI=1S/C20H26N4O3S/c1-28(26,27)24-10-6-15(7-11-24)20(25)23-9-3-5-17(14-23)19-12-18-16(13-22-19)4-2-8-21-18/h2,4,8,12-13,15,17H,3,5-7,9-11,14H2,1H3. The van der Waals surface area contributed by atoms with Crippen LogP contribution >= 0.6 is 0 Å². The van der Waals surface area contributed by atoms with Crippen molar-refractivity contribution in [3.05, 3.63) is 36.3 Å². The third kappa shape index (κ3) is 4.03. The van der Waals surface area contributed by atoms with Gasteiger partial charge in [-0.3, -0.25) is 14.8 Å². The summed E-state index contributed by atoms with van der Waals surface area (Å²) in [5.41, 5.74) is 1.93. The number of rotatable bonds is 3. The average molecular weight is 403 g/mol. The molecule has 1 amide bonds. The van der Waals surface area contributed by atoms with E-state index >= 15 is 0 Å². The predicted octanol–water partition coefficient (Wildman–Crippen LogP) is 2.01. The smallest absolute Gasteiger partial charge is 0.225 e. The molecule has 8 heteroatoms. The Balaban J connectivity index is 1.42. The normalized spacial score (nSPS) is 22.5. The molecule has 1 atom stereocenters. The summed E-state index contributed by atoms with van der Waals surface area (Å²) in [4.78, 5) is 24.0. The van der Waals surface area contributed by atoms with Gasteiger partial charge in [0.05, 0.1) is 11.8 Å². The molecule has 0 N–H and O–H groups in total. The molecule has 0 radical (unpaired) electrons. The van der Waals surface area contributed by atoms with Crippen LogP contribution in [0.15, 0.2) is 30.6 Å². The van der Waals surface area contributed by atoms with Gasteiger partial charge in [-0.25, -0.2) is 12.7 Å². The van der Waals surface area contributed by atoms with Crippen molar-refractivity contribution in [1.29, 1.82) is 0 Å². The quantitative estimate of drug-likeness (QED) is 0.784. The molecule has 2 aromatic heterocycles. The number of amides is 1. The Kier molecular flexibility index (Phi) is 5.33. The largest absolute Gasteiger partial charge is 0.342 e. The van der Waals surface area contributed by atoms with E-state index in [1.54, 1.807) is 6.20 Å². The SMILES string of the molecule is CS(=O)(=O)N1CCC(C(=O)N2CCCC(c3cc4ncccc4cn3)C2)CC1. The summed E-state index contributed by atoms with van der Waals surface area (Å²) in [5.74, 6) is 0.306. The van der Waals surface area contributed by atoms with Crippen molar-refractivity contribution >= 4 is 26.8 Å². The number of hydrogen-bond donors (Lipinski definition) is 0.